The van der Waals surface area contributed by atoms with E-state index in [-0.39, 0.29) is 23.2 Å². The lowest BCUT2D eigenvalue weighted by Gasteiger charge is -2.23. The van der Waals surface area contributed by atoms with E-state index in [4.69, 9.17) is 9.52 Å². The van der Waals surface area contributed by atoms with Crippen molar-refractivity contribution >= 4 is 27.6 Å². The number of hydrogen-bond acceptors (Lipinski definition) is 7. The van der Waals surface area contributed by atoms with Crippen LogP contribution in [0.4, 0.5) is 5.82 Å². The minimum absolute atomic E-state index is 0.0596. The number of carbonyl (C=O) groups excluding carboxylic acids is 1. The summed E-state index contributed by atoms with van der Waals surface area (Å²) < 4.78 is 34.5. The number of unbranched alkanes of at least 4 members (excludes halogenated alkanes) is 1. The maximum atomic E-state index is 13.6. The molecule has 0 bridgehead atoms. The highest BCUT2D eigenvalue weighted by Crippen LogP contribution is 2.40. The molecule has 3 aromatic rings. The Balaban J connectivity index is 1.45. The second kappa shape index (κ2) is 11.2. The first-order chi connectivity index (χ1) is 19.2. The molecule has 10 heteroatoms. The number of sulfonamides is 1. The van der Waals surface area contributed by atoms with Crippen LogP contribution in [0.15, 0.2) is 56.9 Å². The molecule has 1 aromatic heterocycles. The molecule has 40 heavy (non-hydrogen) atoms. The second-order valence-electron chi connectivity index (χ2n) is 10.7. The van der Waals surface area contributed by atoms with Crippen molar-refractivity contribution in [2.45, 2.75) is 89.3 Å². The first-order valence-corrected chi connectivity index (χ1v) is 15.4. The second-order valence-corrected chi connectivity index (χ2v) is 12.4. The van der Waals surface area contributed by atoms with Crippen LogP contribution in [0.1, 0.15) is 74.3 Å². The van der Waals surface area contributed by atoms with E-state index < -0.39 is 15.6 Å². The quantitative estimate of drug-likeness (QED) is 0.335. The summed E-state index contributed by atoms with van der Waals surface area (Å²) in [5.41, 5.74) is 2.48. The molecule has 5 rings (SSSR count). The third-order valence-electron chi connectivity index (χ3n) is 8.02. The van der Waals surface area contributed by atoms with E-state index in [0.29, 0.717) is 34.6 Å². The number of nitrogens with one attached hydrogen (secondary N) is 1. The van der Waals surface area contributed by atoms with Crippen molar-refractivity contribution in [3.8, 4) is 11.1 Å². The Morgan fingerprint density at radius 3 is 2.52 bits per heavy atom. The van der Waals surface area contributed by atoms with Gasteiger partial charge in [-0.25, -0.2) is 8.42 Å². The molecule has 2 aromatic carbocycles. The lowest BCUT2D eigenvalue weighted by Crippen LogP contribution is -2.40. The van der Waals surface area contributed by atoms with Gasteiger partial charge in [0, 0.05) is 17.5 Å². The normalized spacial score (nSPS) is 16.6. The van der Waals surface area contributed by atoms with Crippen LogP contribution in [0.5, 0.6) is 0 Å². The molecule has 2 aliphatic rings. The predicted molar refractivity (Wildman–Crippen MR) is 153 cm³/mol. The van der Waals surface area contributed by atoms with E-state index in [1.807, 2.05) is 23.1 Å². The fourth-order valence-electron chi connectivity index (χ4n) is 5.64. The number of aryl methyl sites for hydroxylation is 1. The van der Waals surface area contributed by atoms with Crippen LogP contribution in [0, 0.1) is 13.8 Å². The number of nitrogens with zero attached hydrogens (tertiary/aromatic N) is 3. The molecule has 1 saturated carbocycles. The molecule has 1 spiro atoms. The molecule has 2 N–H and O–H groups in total. The summed E-state index contributed by atoms with van der Waals surface area (Å²) in [5.74, 6) is 1.60. The van der Waals surface area contributed by atoms with E-state index >= 15 is 0 Å². The minimum Gasteiger partial charge on any atom is -0.392 e. The molecule has 9 nitrogen and oxygen atoms in total. The molecule has 212 valence electrons. The Hall–Kier alpha value is -3.50. The molecule has 0 radical (unpaired) electrons. The van der Waals surface area contributed by atoms with E-state index in [1.165, 1.54) is 6.07 Å². The number of hydrogen-bond donors (Lipinski definition) is 2. The van der Waals surface area contributed by atoms with Gasteiger partial charge in [-0.3, -0.25) is 19.4 Å². The topological polar surface area (TPSA) is 125 Å². The number of aliphatic imine (C=N–C) groups is 1. The zero-order valence-electron chi connectivity index (χ0n) is 23.2. The van der Waals surface area contributed by atoms with Crippen LogP contribution in [0.25, 0.3) is 11.1 Å². The molecule has 1 aliphatic carbocycles. The average Bonchev–Trinajstić information content (AvgIpc) is 3.63. The van der Waals surface area contributed by atoms with E-state index in [0.717, 1.165) is 56.3 Å². The highest BCUT2D eigenvalue weighted by atomic mass is 32.2. The molecule has 1 aliphatic heterocycles. The van der Waals surface area contributed by atoms with Crippen molar-refractivity contribution in [1.82, 2.24) is 10.1 Å². The molecule has 1 amide bonds. The number of anilines is 1. The fraction of sp³-hybridized carbons (Fsp3) is 0.433. The predicted octanol–water partition coefficient (Wildman–Crippen LogP) is 5.50. The summed E-state index contributed by atoms with van der Waals surface area (Å²) in [6.07, 6.45) is 6.37. The van der Waals surface area contributed by atoms with Crippen LogP contribution in [-0.4, -0.2) is 40.9 Å². The van der Waals surface area contributed by atoms with Gasteiger partial charge in [-0.2, -0.15) is 0 Å². The molecule has 0 atom stereocenters. The maximum absolute atomic E-state index is 13.6. The van der Waals surface area contributed by atoms with Crippen molar-refractivity contribution < 1.29 is 22.8 Å². The van der Waals surface area contributed by atoms with E-state index in [9.17, 15) is 18.3 Å². The summed E-state index contributed by atoms with van der Waals surface area (Å²) >= 11 is 0. The Labute approximate surface area is 235 Å². The third kappa shape index (κ3) is 5.17. The Morgan fingerprint density at radius 2 is 1.85 bits per heavy atom. The van der Waals surface area contributed by atoms with Crippen LogP contribution >= 0.6 is 0 Å². The van der Waals surface area contributed by atoms with Gasteiger partial charge in [0.25, 0.3) is 15.9 Å². The zero-order chi connectivity index (χ0) is 28.5. The Kier molecular flexibility index (Phi) is 7.83. The summed E-state index contributed by atoms with van der Waals surface area (Å²) in [4.78, 5) is 20.4. The molecule has 2 heterocycles. The van der Waals surface area contributed by atoms with Gasteiger partial charge in [-0.15, -0.1) is 0 Å². The number of aliphatic hydroxyl groups is 1. The van der Waals surface area contributed by atoms with Crippen LogP contribution < -0.4 is 4.72 Å². The molecular weight excluding hydrogens is 528 g/mol. The summed E-state index contributed by atoms with van der Waals surface area (Å²) in [5, 5.41) is 14.2. The minimum atomic E-state index is -4.01. The molecule has 0 unspecified atom stereocenters. The van der Waals surface area contributed by atoms with Gasteiger partial charge < -0.3 is 9.63 Å². The van der Waals surface area contributed by atoms with Gasteiger partial charge in [-0.1, -0.05) is 67.7 Å². The average molecular weight is 565 g/mol. The summed E-state index contributed by atoms with van der Waals surface area (Å²) in [6.45, 7) is 5.64. The lowest BCUT2D eigenvalue weighted by atomic mass is 9.96. The number of carbonyl (C=O) groups is 1. The Morgan fingerprint density at radius 1 is 1.10 bits per heavy atom. The van der Waals surface area contributed by atoms with Gasteiger partial charge in [-0.05, 0) is 55.9 Å². The molecule has 1 fully saturated rings. The van der Waals surface area contributed by atoms with Gasteiger partial charge in [0.15, 0.2) is 5.82 Å². The zero-order valence-corrected chi connectivity index (χ0v) is 24.1. The van der Waals surface area contributed by atoms with Crippen molar-refractivity contribution in [3.63, 3.8) is 0 Å². The van der Waals surface area contributed by atoms with Crippen molar-refractivity contribution in [2.24, 2.45) is 4.99 Å². The number of rotatable bonds is 10. The lowest BCUT2D eigenvalue weighted by molar-refractivity contribution is -0.131. The van der Waals surface area contributed by atoms with Crippen LogP contribution in [0.2, 0.25) is 0 Å². The number of amides is 1. The first kappa shape index (κ1) is 28.0. The summed E-state index contributed by atoms with van der Waals surface area (Å²) in [7, 11) is -4.01. The standard InChI is InChI=1S/C30H36N4O5S/c1-4-5-12-27-31-30(15-8-9-16-30)29(36)34(27)18-22-13-14-24(23(17-22)19-35)25-10-6-7-11-26(25)40(37,38)33-28-20(2)21(3)39-32-28/h6-7,10-11,13-14,17,35H,4-5,8-9,12,15-16,18-19H2,1-3H3,(H,32,33). The van der Waals surface area contributed by atoms with Gasteiger partial charge >= 0.3 is 0 Å². The first-order valence-electron chi connectivity index (χ1n) is 13.9. The highest BCUT2D eigenvalue weighted by Gasteiger charge is 2.49. The number of amidine groups is 1. The van der Waals surface area contributed by atoms with E-state index in [2.05, 4.69) is 16.8 Å². The highest BCUT2D eigenvalue weighted by molar-refractivity contribution is 7.92. The van der Waals surface area contributed by atoms with Gasteiger partial charge in [0.05, 0.1) is 18.0 Å². The Bertz CT molecular complexity index is 1550. The number of benzene rings is 2. The number of aliphatic hydroxyl groups excluding tert-OH is 1. The largest absolute Gasteiger partial charge is 0.392 e. The van der Waals surface area contributed by atoms with Crippen molar-refractivity contribution in [2.75, 3.05) is 4.72 Å². The number of aromatic nitrogens is 1. The van der Waals surface area contributed by atoms with Gasteiger partial charge in [0.2, 0.25) is 0 Å². The summed E-state index contributed by atoms with van der Waals surface area (Å²) in [6, 6.07) is 12.2. The van der Waals surface area contributed by atoms with E-state index in [1.54, 1.807) is 32.0 Å². The fourth-order valence-corrected chi connectivity index (χ4v) is 6.92. The monoisotopic (exact) mass is 564 g/mol. The smallest absolute Gasteiger partial charge is 0.263 e. The van der Waals surface area contributed by atoms with Crippen LogP contribution in [0.3, 0.4) is 0 Å². The SMILES string of the molecule is CCCCC1=NC2(CCCC2)C(=O)N1Cc1ccc(-c2ccccc2S(=O)(=O)Nc2noc(C)c2C)c(CO)c1. The third-order valence-corrected chi connectivity index (χ3v) is 9.42. The molecule has 0 saturated heterocycles. The van der Waals surface area contributed by atoms with Crippen molar-refractivity contribution in [1.29, 1.82) is 0 Å². The maximum Gasteiger partial charge on any atom is 0.263 e. The molecular formula is C30H36N4O5S. The van der Waals surface area contributed by atoms with Crippen LogP contribution in [-0.2, 0) is 28.0 Å². The van der Waals surface area contributed by atoms with Crippen molar-refractivity contribution in [3.05, 3.63) is 64.9 Å². The van der Waals surface area contributed by atoms with Gasteiger partial charge in [0.1, 0.15) is 17.1 Å².